The number of rotatable bonds is 5. The topological polar surface area (TPSA) is 24.9 Å². The van der Waals surface area contributed by atoms with Gasteiger partial charge < -0.3 is 5.32 Å². The largest absolute Gasteiger partial charge is 0.312 e. The minimum absolute atomic E-state index is 0.384. The lowest BCUT2D eigenvalue weighted by atomic mass is 10.2. The third-order valence-electron chi connectivity index (χ3n) is 3.15. The molecule has 0 radical (unpaired) electrons. The summed E-state index contributed by atoms with van der Waals surface area (Å²) in [4.78, 5) is 7.38. The van der Waals surface area contributed by atoms with E-state index in [1.807, 2.05) is 30.1 Å². The van der Waals surface area contributed by atoms with Crippen LogP contribution in [0, 0.1) is 13.8 Å². The van der Waals surface area contributed by atoms with Gasteiger partial charge in [0.1, 0.15) is 5.01 Å². The highest BCUT2D eigenvalue weighted by Crippen LogP contribution is 2.30. The number of aromatic nitrogens is 1. The molecule has 1 aromatic heterocycles. The van der Waals surface area contributed by atoms with Crippen LogP contribution >= 0.6 is 23.1 Å². The first-order chi connectivity index (χ1) is 9.11. The molecule has 0 saturated carbocycles. The summed E-state index contributed by atoms with van der Waals surface area (Å²) in [5.74, 6) is 0.951. The fourth-order valence-corrected chi connectivity index (χ4v) is 4.07. The van der Waals surface area contributed by atoms with Crippen LogP contribution in [-0.2, 0) is 5.75 Å². The molecule has 2 aromatic rings. The second kappa shape index (κ2) is 6.55. The summed E-state index contributed by atoms with van der Waals surface area (Å²) < 4.78 is 0. The van der Waals surface area contributed by atoms with E-state index in [0.717, 1.165) is 11.4 Å². The molecule has 0 aliphatic heterocycles. The van der Waals surface area contributed by atoms with Gasteiger partial charge in [-0.15, -0.1) is 23.1 Å². The Labute approximate surface area is 123 Å². The van der Waals surface area contributed by atoms with Crippen LogP contribution < -0.4 is 5.32 Å². The SMILES string of the molecule is CNC(C)c1sc(CSc2ccccc2C)nc1C. The van der Waals surface area contributed by atoms with E-state index >= 15 is 0 Å². The van der Waals surface area contributed by atoms with Gasteiger partial charge in [0, 0.05) is 15.8 Å². The van der Waals surface area contributed by atoms with Crippen LogP contribution in [0.2, 0.25) is 0 Å². The highest BCUT2D eigenvalue weighted by molar-refractivity contribution is 7.98. The molecule has 4 heteroatoms. The molecule has 0 aliphatic rings. The molecular weight excluding hydrogens is 272 g/mol. The maximum absolute atomic E-state index is 4.68. The molecular formula is C15H20N2S2. The number of aryl methyl sites for hydroxylation is 2. The molecule has 0 spiro atoms. The summed E-state index contributed by atoms with van der Waals surface area (Å²) in [5.41, 5.74) is 2.50. The number of hydrogen-bond donors (Lipinski definition) is 1. The zero-order valence-electron chi connectivity index (χ0n) is 11.9. The second-order valence-corrected chi connectivity index (χ2v) is 6.75. The van der Waals surface area contributed by atoms with Crippen LogP contribution in [0.25, 0.3) is 0 Å². The van der Waals surface area contributed by atoms with E-state index in [4.69, 9.17) is 0 Å². The first-order valence-corrected chi connectivity index (χ1v) is 8.24. The van der Waals surface area contributed by atoms with E-state index in [0.29, 0.717) is 6.04 Å². The Bertz CT molecular complexity index is 549. The quantitative estimate of drug-likeness (QED) is 0.830. The van der Waals surface area contributed by atoms with Crippen LogP contribution in [0.15, 0.2) is 29.2 Å². The number of benzene rings is 1. The van der Waals surface area contributed by atoms with Gasteiger partial charge in [0.05, 0.1) is 11.4 Å². The minimum Gasteiger partial charge on any atom is -0.312 e. The zero-order chi connectivity index (χ0) is 13.8. The van der Waals surface area contributed by atoms with Crippen molar-refractivity contribution in [2.24, 2.45) is 0 Å². The van der Waals surface area contributed by atoms with E-state index in [-0.39, 0.29) is 0 Å². The minimum atomic E-state index is 0.384. The molecule has 0 saturated heterocycles. The lowest BCUT2D eigenvalue weighted by Crippen LogP contribution is -2.11. The summed E-state index contributed by atoms with van der Waals surface area (Å²) >= 11 is 3.69. The van der Waals surface area contributed by atoms with Crippen LogP contribution in [0.1, 0.15) is 34.1 Å². The molecule has 2 rings (SSSR count). The number of thioether (sulfide) groups is 1. The summed E-state index contributed by atoms with van der Waals surface area (Å²) in [6.07, 6.45) is 0. The molecule has 1 aromatic carbocycles. The van der Waals surface area contributed by atoms with E-state index in [1.165, 1.54) is 20.3 Å². The normalized spacial score (nSPS) is 12.6. The molecule has 0 bridgehead atoms. The van der Waals surface area contributed by atoms with E-state index in [1.54, 1.807) is 0 Å². The summed E-state index contributed by atoms with van der Waals surface area (Å²) in [7, 11) is 1.99. The van der Waals surface area contributed by atoms with Crippen molar-refractivity contribution in [3.63, 3.8) is 0 Å². The monoisotopic (exact) mass is 292 g/mol. The van der Waals surface area contributed by atoms with Crippen LogP contribution in [0.5, 0.6) is 0 Å². The number of hydrogen-bond acceptors (Lipinski definition) is 4. The molecule has 1 atom stereocenters. The third kappa shape index (κ3) is 3.59. The van der Waals surface area contributed by atoms with Crippen molar-refractivity contribution in [1.29, 1.82) is 0 Å². The van der Waals surface area contributed by atoms with Gasteiger partial charge in [0.15, 0.2) is 0 Å². The first-order valence-electron chi connectivity index (χ1n) is 6.43. The Morgan fingerprint density at radius 1 is 1.32 bits per heavy atom. The number of thiazole rings is 1. The average Bonchev–Trinajstić information content (AvgIpc) is 2.78. The van der Waals surface area contributed by atoms with Gasteiger partial charge in [-0.05, 0) is 39.4 Å². The fraction of sp³-hybridized carbons (Fsp3) is 0.400. The molecule has 1 heterocycles. The Morgan fingerprint density at radius 2 is 2.05 bits per heavy atom. The second-order valence-electron chi connectivity index (χ2n) is 4.62. The van der Waals surface area contributed by atoms with Crippen LogP contribution in [0.4, 0.5) is 0 Å². The summed E-state index contributed by atoms with van der Waals surface area (Å²) in [6, 6.07) is 8.90. The summed E-state index contributed by atoms with van der Waals surface area (Å²) in [6.45, 7) is 6.43. The predicted octanol–water partition coefficient (Wildman–Crippen LogP) is 4.33. The fourth-order valence-electron chi connectivity index (χ4n) is 1.92. The van der Waals surface area contributed by atoms with Gasteiger partial charge in [-0.1, -0.05) is 18.2 Å². The highest BCUT2D eigenvalue weighted by atomic mass is 32.2. The molecule has 0 aliphatic carbocycles. The van der Waals surface area contributed by atoms with Gasteiger partial charge >= 0.3 is 0 Å². The Morgan fingerprint density at radius 3 is 2.74 bits per heavy atom. The van der Waals surface area contributed by atoms with Gasteiger partial charge in [0.25, 0.3) is 0 Å². The van der Waals surface area contributed by atoms with Gasteiger partial charge in [-0.25, -0.2) is 4.98 Å². The number of nitrogens with zero attached hydrogens (tertiary/aromatic N) is 1. The van der Waals surface area contributed by atoms with Crippen molar-refractivity contribution in [3.8, 4) is 0 Å². The molecule has 1 unspecified atom stereocenters. The van der Waals surface area contributed by atoms with Gasteiger partial charge in [0.2, 0.25) is 0 Å². The van der Waals surface area contributed by atoms with Crippen LogP contribution in [0.3, 0.4) is 0 Å². The third-order valence-corrected chi connectivity index (χ3v) is 5.86. The zero-order valence-corrected chi connectivity index (χ0v) is 13.5. The Kier molecular flexibility index (Phi) is 5.02. The van der Waals surface area contributed by atoms with Crippen molar-refractivity contribution in [2.45, 2.75) is 37.5 Å². The van der Waals surface area contributed by atoms with Crippen molar-refractivity contribution in [1.82, 2.24) is 10.3 Å². The van der Waals surface area contributed by atoms with E-state index in [2.05, 4.69) is 55.3 Å². The van der Waals surface area contributed by atoms with Gasteiger partial charge in [-0.2, -0.15) is 0 Å². The number of nitrogens with one attached hydrogen (secondary N) is 1. The lowest BCUT2D eigenvalue weighted by Gasteiger charge is -2.07. The van der Waals surface area contributed by atoms with Crippen molar-refractivity contribution < 1.29 is 0 Å². The smallest absolute Gasteiger partial charge is 0.103 e. The standard InChI is InChI=1S/C15H20N2S2/c1-10-7-5-6-8-13(10)18-9-14-17-12(3)15(19-14)11(2)16-4/h5-8,11,16H,9H2,1-4H3. The molecule has 0 fully saturated rings. The molecule has 2 nitrogen and oxygen atoms in total. The Hall–Kier alpha value is -0.840. The highest BCUT2D eigenvalue weighted by Gasteiger charge is 2.13. The molecule has 1 N–H and O–H groups in total. The maximum atomic E-state index is 4.68. The van der Waals surface area contributed by atoms with Crippen molar-refractivity contribution in [2.75, 3.05) is 7.05 Å². The van der Waals surface area contributed by atoms with Crippen molar-refractivity contribution in [3.05, 3.63) is 45.4 Å². The average molecular weight is 292 g/mol. The van der Waals surface area contributed by atoms with Crippen LogP contribution in [-0.4, -0.2) is 12.0 Å². The Balaban J connectivity index is 2.06. The molecule has 102 valence electrons. The van der Waals surface area contributed by atoms with E-state index in [9.17, 15) is 0 Å². The molecule has 0 amide bonds. The van der Waals surface area contributed by atoms with Gasteiger partial charge in [-0.3, -0.25) is 0 Å². The first kappa shape index (κ1) is 14.6. The van der Waals surface area contributed by atoms with E-state index < -0.39 is 0 Å². The maximum Gasteiger partial charge on any atom is 0.103 e. The lowest BCUT2D eigenvalue weighted by molar-refractivity contribution is 0.658. The van der Waals surface area contributed by atoms with Crippen molar-refractivity contribution >= 4 is 23.1 Å². The summed E-state index contributed by atoms with van der Waals surface area (Å²) in [5, 5.41) is 4.49. The molecule has 19 heavy (non-hydrogen) atoms. The predicted molar refractivity (Wildman–Crippen MR) is 85.1 cm³/mol.